The summed E-state index contributed by atoms with van der Waals surface area (Å²) in [7, 11) is 1.97. The fourth-order valence-electron chi connectivity index (χ4n) is 2.45. The third kappa shape index (κ3) is 4.52. The van der Waals surface area contributed by atoms with Crippen LogP contribution in [0.1, 0.15) is 57.8 Å². The van der Waals surface area contributed by atoms with E-state index in [0.717, 1.165) is 38.6 Å². The van der Waals surface area contributed by atoms with Gasteiger partial charge in [-0.1, -0.05) is 25.7 Å². The van der Waals surface area contributed by atoms with Crippen LogP contribution in [-0.2, 0) is 4.79 Å². The van der Waals surface area contributed by atoms with Crippen molar-refractivity contribution in [3.8, 4) is 0 Å². The average Bonchev–Trinajstić information content (AvgIpc) is 2.81. The van der Waals surface area contributed by atoms with Crippen molar-refractivity contribution in [2.45, 2.75) is 63.8 Å². The third-order valence-corrected chi connectivity index (χ3v) is 3.61. The molecule has 1 rings (SSSR count). The maximum absolute atomic E-state index is 11.9. The van der Waals surface area contributed by atoms with E-state index >= 15 is 0 Å². The van der Waals surface area contributed by atoms with Crippen LogP contribution >= 0.6 is 0 Å². The number of carbonyl (C=O) groups is 1. The van der Waals surface area contributed by atoms with Gasteiger partial charge in [0, 0.05) is 19.5 Å². The molecule has 0 spiro atoms. The lowest BCUT2D eigenvalue weighted by Gasteiger charge is -2.24. The molecule has 2 N–H and O–H groups in total. The number of carbonyl (C=O) groups excluding carboxylic acids is 1. The van der Waals surface area contributed by atoms with Gasteiger partial charge in [0.1, 0.15) is 0 Å². The summed E-state index contributed by atoms with van der Waals surface area (Å²) in [5.74, 6) is 0.333. The second kappa shape index (κ2) is 7.66. The molecule has 0 bridgehead atoms. The highest BCUT2D eigenvalue weighted by molar-refractivity contribution is 5.76. The molecular formula is C13H26N2O. The number of rotatable bonds is 7. The van der Waals surface area contributed by atoms with Crippen LogP contribution in [0.25, 0.3) is 0 Å². The lowest BCUT2D eigenvalue weighted by Crippen LogP contribution is -2.34. The lowest BCUT2D eigenvalue weighted by molar-refractivity contribution is -0.132. The van der Waals surface area contributed by atoms with E-state index in [4.69, 9.17) is 5.73 Å². The van der Waals surface area contributed by atoms with Gasteiger partial charge in [-0.05, 0) is 32.2 Å². The Morgan fingerprint density at radius 1 is 1.19 bits per heavy atom. The van der Waals surface area contributed by atoms with Crippen molar-refractivity contribution >= 4 is 5.91 Å². The summed E-state index contributed by atoms with van der Waals surface area (Å²) in [4.78, 5) is 13.8. The highest BCUT2D eigenvalue weighted by Gasteiger charge is 2.22. The Balaban J connectivity index is 2.09. The van der Waals surface area contributed by atoms with E-state index in [2.05, 4.69) is 0 Å². The fraction of sp³-hybridized carbons (Fsp3) is 0.923. The molecule has 1 saturated carbocycles. The van der Waals surface area contributed by atoms with Crippen LogP contribution in [-0.4, -0.2) is 30.4 Å². The van der Waals surface area contributed by atoms with Crippen LogP contribution in [0.3, 0.4) is 0 Å². The topological polar surface area (TPSA) is 46.3 Å². The van der Waals surface area contributed by atoms with Gasteiger partial charge in [0.25, 0.3) is 0 Å². The number of amides is 1. The molecule has 0 saturated heterocycles. The Hall–Kier alpha value is -0.570. The van der Waals surface area contributed by atoms with Crippen LogP contribution in [0.15, 0.2) is 0 Å². The standard InChI is InChI=1S/C13H26N2O/c1-15(12-8-5-6-9-12)13(16)10-4-2-3-7-11-14/h12H,2-11,14H2,1H3. The largest absolute Gasteiger partial charge is 0.343 e. The lowest BCUT2D eigenvalue weighted by atomic mass is 10.1. The minimum absolute atomic E-state index is 0.333. The van der Waals surface area contributed by atoms with Crippen LogP contribution in [0.5, 0.6) is 0 Å². The molecule has 1 amide bonds. The van der Waals surface area contributed by atoms with Crippen molar-refractivity contribution in [3.63, 3.8) is 0 Å². The molecule has 0 atom stereocenters. The SMILES string of the molecule is CN(C(=O)CCCCCCN)C1CCCC1. The number of hydrogen-bond donors (Lipinski definition) is 1. The average molecular weight is 226 g/mol. The van der Waals surface area contributed by atoms with Gasteiger partial charge in [-0.2, -0.15) is 0 Å². The molecule has 0 aromatic carbocycles. The molecule has 0 aromatic rings. The van der Waals surface area contributed by atoms with E-state index in [1.165, 1.54) is 25.7 Å². The van der Waals surface area contributed by atoms with Gasteiger partial charge in [0.15, 0.2) is 0 Å². The number of nitrogens with zero attached hydrogens (tertiary/aromatic N) is 1. The molecule has 94 valence electrons. The summed E-state index contributed by atoms with van der Waals surface area (Å²) in [6.45, 7) is 0.774. The monoisotopic (exact) mass is 226 g/mol. The predicted molar refractivity (Wildman–Crippen MR) is 67.2 cm³/mol. The Morgan fingerprint density at radius 3 is 2.44 bits per heavy atom. The Kier molecular flexibility index (Phi) is 6.46. The van der Waals surface area contributed by atoms with Gasteiger partial charge >= 0.3 is 0 Å². The first-order chi connectivity index (χ1) is 7.75. The first-order valence-electron chi connectivity index (χ1n) is 6.71. The van der Waals surface area contributed by atoms with E-state index in [0.29, 0.717) is 11.9 Å². The predicted octanol–water partition coefficient (Wildman–Crippen LogP) is 2.30. The molecule has 3 heteroatoms. The van der Waals surface area contributed by atoms with Crippen molar-refractivity contribution in [3.05, 3.63) is 0 Å². The smallest absolute Gasteiger partial charge is 0.222 e. The Bertz CT molecular complexity index is 200. The second-order valence-corrected chi connectivity index (χ2v) is 4.90. The normalized spacial score (nSPS) is 16.6. The Labute approximate surface area is 99.4 Å². The summed E-state index contributed by atoms with van der Waals surface area (Å²) < 4.78 is 0. The van der Waals surface area contributed by atoms with E-state index < -0.39 is 0 Å². The van der Waals surface area contributed by atoms with Crippen LogP contribution in [0.4, 0.5) is 0 Å². The molecule has 3 nitrogen and oxygen atoms in total. The Morgan fingerprint density at radius 2 is 1.81 bits per heavy atom. The molecule has 0 heterocycles. The van der Waals surface area contributed by atoms with Crippen LogP contribution in [0, 0.1) is 0 Å². The van der Waals surface area contributed by atoms with E-state index in [1.807, 2.05) is 11.9 Å². The molecule has 0 radical (unpaired) electrons. The van der Waals surface area contributed by atoms with Crippen LogP contribution < -0.4 is 5.73 Å². The highest BCUT2D eigenvalue weighted by atomic mass is 16.2. The third-order valence-electron chi connectivity index (χ3n) is 3.61. The number of nitrogens with two attached hydrogens (primary N) is 1. The van der Waals surface area contributed by atoms with Crippen molar-refractivity contribution in [2.75, 3.05) is 13.6 Å². The minimum Gasteiger partial charge on any atom is -0.343 e. The molecule has 1 fully saturated rings. The molecule has 1 aliphatic carbocycles. The maximum Gasteiger partial charge on any atom is 0.222 e. The van der Waals surface area contributed by atoms with Gasteiger partial charge in [-0.25, -0.2) is 0 Å². The summed E-state index contributed by atoms with van der Waals surface area (Å²) in [5.41, 5.74) is 5.43. The maximum atomic E-state index is 11.9. The molecule has 0 aromatic heterocycles. The first kappa shape index (κ1) is 13.5. The zero-order valence-electron chi connectivity index (χ0n) is 10.6. The molecular weight excluding hydrogens is 200 g/mol. The van der Waals surface area contributed by atoms with Crippen LogP contribution in [0.2, 0.25) is 0 Å². The van der Waals surface area contributed by atoms with Crippen molar-refractivity contribution < 1.29 is 4.79 Å². The first-order valence-corrected chi connectivity index (χ1v) is 6.71. The highest BCUT2D eigenvalue weighted by Crippen LogP contribution is 2.23. The number of hydrogen-bond acceptors (Lipinski definition) is 2. The van der Waals surface area contributed by atoms with E-state index in [1.54, 1.807) is 0 Å². The van der Waals surface area contributed by atoms with E-state index in [9.17, 15) is 4.79 Å². The summed E-state index contributed by atoms with van der Waals surface area (Å²) >= 11 is 0. The molecule has 16 heavy (non-hydrogen) atoms. The van der Waals surface area contributed by atoms with Gasteiger partial charge in [0.05, 0.1) is 0 Å². The minimum atomic E-state index is 0.333. The molecule has 0 aliphatic heterocycles. The second-order valence-electron chi connectivity index (χ2n) is 4.90. The zero-order chi connectivity index (χ0) is 11.8. The van der Waals surface area contributed by atoms with Crippen molar-refractivity contribution in [1.29, 1.82) is 0 Å². The summed E-state index contributed by atoms with van der Waals surface area (Å²) in [6, 6.07) is 0.525. The van der Waals surface area contributed by atoms with Gasteiger partial charge < -0.3 is 10.6 Å². The van der Waals surface area contributed by atoms with Crippen molar-refractivity contribution in [1.82, 2.24) is 4.90 Å². The zero-order valence-corrected chi connectivity index (χ0v) is 10.6. The van der Waals surface area contributed by atoms with E-state index in [-0.39, 0.29) is 0 Å². The summed E-state index contributed by atoms with van der Waals surface area (Å²) in [5, 5.41) is 0. The molecule has 0 unspecified atom stereocenters. The number of unbranched alkanes of at least 4 members (excludes halogenated alkanes) is 3. The van der Waals surface area contributed by atoms with Gasteiger partial charge in [-0.15, -0.1) is 0 Å². The summed E-state index contributed by atoms with van der Waals surface area (Å²) in [6.07, 6.45) is 10.1. The van der Waals surface area contributed by atoms with Gasteiger partial charge in [0.2, 0.25) is 5.91 Å². The molecule has 1 aliphatic rings. The quantitative estimate of drug-likeness (QED) is 0.677. The van der Waals surface area contributed by atoms with Crippen molar-refractivity contribution in [2.24, 2.45) is 5.73 Å². The van der Waals surface area contributed by atoms with Gasteiger partial charge in [-0.3, -0.25) is 4.79 Å². The fourth-order valence-corrected chi connectivity index (χ4v) is 2.45.